The van der Waals surface area contributed by atoms with Crippen molar-refractivity contribution in [3.05, 3.63) is 24.5 Å². The van der Waals surface area contributed by atoms with E-state index in [1.54, 1.807) is 24.5 Å². The number of hydrogen-bond donors (Lipinski definition) is 1. The number of hydrogen-bond acceptors (Lipinski definition) is 3. The molecule has 0 saturated carbocycles. The zero-order valence-corrected chi connectivity index (χ0v) is 7.66. The van der Waals surface area contributed by atoms with Gasteiger partial charge < -0.3 is 0 Å². The average molecular weight is 199 g/mol. The Labute approximate surface area is 76.6 Å². The minimum Gasteiger partial charge on any atom is -0.265 e. The van der Waals surface area contributed by atoms with Gasteiger partial charge in [0.2, 0.25) is 0 Å². The minimum atomic E-state index is -3.28. The molecule has 0 unspecified atom stereocenters. The van der Waals surface area contributed by atoms with Crippen molar-refractivity contribution in [3.63, 3.8) is 0 Å². The quantitative estimate of drug-likeness (QED) is 0.677. The molecule has 1 saturated heterocycles. The second-order valence-corrected chi connectivity index (χ2v) is 4.36. The van der Waals surface area contributed by atoms with Gasteiger partial charge in [0.1, 0.15) is 0 Å². The Morgan fingerprint density at radius 3 is 2.62 bits per heavy atom. The zero-order chi connectivity index (χ0) is 9.31. The summed E-state index contributed by atoms with van der Waals surface area (Å²) in [5, 5.41) is 0. The Morgan fingerprint density at radius 1 is 1.38 bits per heavy atom. The summed E-state index contributed by atoms with van der Waals surface area (Å²) in [6, 6.07) is 3.34. The molecular weight excluding hydrogens is 190 g/mol. The van der Waals surface area contributed by atoms with E-state index < -0.39 is 10.2 Å². The number of pyridine rings is 1. The first-order valence-electron chi connectivity index (χ1n) is 3.87. The monoisotopic (exact) mass is 199 g/mol. The lowest BCUT2D eigenvalue weighted by Gasteiger charge is -2.14. The first-order chi connectivity index (χ1) is 6.20. The largest absolute Gasteiger partial charge is 0.301 e. The highest BCUT2D eigenvalue weighted by atomic mass is 32.2. The van der Waals surface area contributed by atoms with Gasteiger partial charge in [0.05, 0.1) is 5.69 Å². The van der Waals surface area contributed by atoms with Gasteiger partial charge in [0.15, 0.2) is 0 Å². The summed E-state index contributed by atoms with van der Waals surface area (Å²) in [6.07, 6.45) is 3.15. The van der Waals surface area contributed by atoms with Crippen molar-refractivity contribution in [3.8, 4) is 0 Å². The first kappa shape index (κ1) is 8.46. The molecule has 6 heteroatoms. The van der Waals surface area contributed by atoms with Gasteiger partial charge in [-0.25, -0.2) is 0 Å². The standard InChI is InChI=1S/C7H9N3O2S/c11-13(12)9-5-6-10(13)7-1-3-8-4-2-7/h1-4,9H,5-6H2. The van der Waals surface area contributed by atoms with E-state index in [2.05, 4.69) is 9.71 Å². The van der Waals surface area contributed by atoms with Crippen LogP contribution < -0.4 is 9.03 Å². The summed E-state index contributed by atoms with van der Waals surface area (Å²) in [4.78, 5) is 3.82. The van der Waals surface area contributed by atoms with Gasteiger partial charge in [-0.15, -0.1) is 0 Å². The highest BCUT2D eigenvalue weighted by molar-refractivity contribution is 7.91. The Kier molecular flexibility index (Phi) is 1.93. The molecular formula is C7H9N3O2S. The number of rotatable bonds is 1. The van der Waals surface area contributed by atoms with Crippen LogP contribution in [-0.2, 0) is 10.2 Å². The van der Waals surface area contributed by atoms with Crippen LogP contribution in [0.2, 0.25) is 0 Å². The molecule has 2 heterocycles. The van der Waals surface area contributed by atoms with Gasteiger partial charge in [-0.05, 0) is 12.1 Å². The summed E-state index contributed by atoms with van der Waals surface area (Å²) in [6.45, 7) is 0.941. The van der Waals surface area contributed by atoms with Crippen molar-refractivity contribution < 1.29 is 8.42 Å². The molecule has 1 aliphatic rings. The first-order valence-corrected chi connectivity index (χ1v) is 5.31. The topological polar surface area (TPSA) is 62.3 Å². The minimum absolute atomic E-state index is 0.463. The van der Waals surface area contributed by atoms with E-state index in [4.69, 9.17) is 0 Å². The van der Waals surface area contributed by atoms with E-state index in [0.717, 1.165) is 0 Å². The van der Waals surface area contributed by atoms with E-state index in [1.165, 1.54) is 4.31 Å². The summed E-state index contributed by atoms with van der Waals surface area (Å²) >= 11 is 0. The summed E-state index contributed by atoms with van der Waals surface area (Å²) in [7, 11) is -3.28. The van der Waals surface area contributed by atoms with Crippen LogP contribution in [0.25, 0.3) is 0 Å². The van der Waals surface area contributed by atoms with Crippen LogP contribution in [0.3, 0.4) is 0 Å². The second kappa shape index (κ2) is 2.97. The van der Waals surface area contributed by atoms with Gasteiger partial charge in [0, 0.05) is 25.5 Å². The molecule has 70 valence electrons. The van der Waals surface area contributed by atoms with Gasteiger partial charge in [-0.3, -0.25) is 9.29 Å². The zero-order valence-electron chi connectivity index (χ0n) is 6.84. The second-order valence-electron chi connectivity index (χ2n) is 2.68. The van der Waals surface area contributed by atoms with E-state index in [1.807, 2.05) is 0 Å². The molecule has 0 aliphatic carbocycles. The molecule has 0 aromatic carbocycles. The maximum Gasteiger partial charge on any atom is 0.301 e. The normalized spacial score (nSPS) is 20.5. The molecule has 0 amide bonds. The highest BCUT2D eigenvalue weighted by Crippen LogP contribution is 2.17. The van der Waals surface area contributed by atoms with E-state index in [9.17, 15) is 8.42 Å². The summed E-state index contributed by atoms with van der Waals surface area (Å²) < 4.78 is 26.5. The van der Waals surface area contributed by atoms with Crippen molar-refractivity contribution in [1.29, 1.82) is 0 Å². The fourth-order valence-corrected chi connectivity index (χ4v) is 2.49. The molecule has 5 nitrogen and oxygen atoms in total. The van der Waals surface area contributed by atoms with Crippen LogP contribution in [0.5, 0.6) is 0 Å². The Hall–Kier alpha value is -1.14. The van der Waals surface area contributed by atoms with Crippen LogP contribution in [-0.4, -0.2) is 26.5 Å². The molecule has 0 radical (unpaired) electrons. The summed E-state index contributed by atoms with van der Waals surface area (Å²) in [5.41, 5.74) is 0.653. The smallest absolute Gasteiger partial charge is 0.265 e. The molecule has 13 heavy (non-hydrogen) atoms. The highest BCUT2D eigenvalue weighted by Gasteiger charge is 2.27. The van der Waals surface area contributed by atoms with Crippen molar-refractivity contribution >= 4 is 15.9 Å². The van der Waals surface area contributed by atoms with Crippen LogP contribution in [0.1, 0.15) is 0 Å². The fourth-order valence-electron chi connectivity index (χ4n) is 1.25. The third-order valence-electron chi connectivity index (χ3n) is 1.84. The SMILES string of the molecule is O=S1(=O)NCCN1c1ccncc1. The van der Waals surface area contributed by atoms with E-state index in [-0.39, 0.29) is 0 Å². The molecule has 0 spiro atoms. The predicted octanol–water partition coefficient (Wildman–Crippen LogP) is -0.264. The lowest BCUT2D eigenvalue weighted by atomic mass is 10.4. The molecule has 1 aliphatic heterocycles. The van der Waals surface area contributed by atoms with Crippen LogP contribution >= 0.6 is 0 Å². The van der Waals surface area contributed by atoms with Crippen molar-refractivity contribution in [2.24, 2.45) is 0 Å². The lowest BCUT2D eigenvalue weighted by molar-refractivity contribution is 0.591. The molecule has 0 bridgehead atoms. The van der Waals surface area contributed by atoms with Crippen LogP contribution in [0.15, 0.2) is 24.5 Å². The molecule has 1 N–H and O–H groups in total. The third kappa shape index (κ3) is 1.50. The lowest BCUT2D eigenvalue weighted by Crippen LogP contribution is -2.29. The van der Waals surface area contributed by atoms with Crippen molar-refractivity contribution in [2.45, 2.75) is 0 Å². The summed E-state index contributed by atoms with van der Waals surface area (Å²) in [5.74, 6) is 0. The molecule has 1 aromatic heterocycles. The van der Waals surface area contributed by atoms with E-state index >= 15 is 0 Å². The maximum atomic E-state index is 11.4. The van der Waals surface area contributed by atoms with Crippen LogP contribution in [0, 0.1) is 0 Å². The fraction of sp³-hybridized carbons (Fsp3) is 0.286. The van der Waals surface area contributed by atoms with Crippen LogP contribution in [0.4, 0.5) is 5.69 Å². The molecule has 0 atom stereocenters. The predicted molar refractivity (Wildman–Crippen MR) is 48.5 cm³/mol. The van der Waals surface area contributed by atoms with Crippen molar-refractivity contribution in [2.75, 3.05) is 17.4 Å². The Morgan fingerprint density at radius 2 is 2.08 bits per heavy atom. The third-order valence-corrected chi connectivity index (χ3v) is 3.38. The van der Waals surface area contributed by atoms with Crippen molar-refractivity contribution in [1.82, 2.24) is 9.71 Å². The molecule has 1 fully saturated rings. The number of nitrogens with zero attached hydrogens (tertiary/aromatic N) is 2. The average Bonchev–Trinajstić information content (AvgIpc) is 2.47. The van der Waals surface area contributed by atoms with Gasteiger partial charge in [-0.1, -0.05) is 0 Å². The Balaban J connectivity index is 2.38. The van der Waals surface area contributed by atoms with Gasteiger partial charge >= 0.3 is 10.2 Å². The van der Waals surface area contributed by atoms with Gasteiger partial charge in [-0.2, -0.15) is 13.1 Å². The maximum absolute atomic E-state index is 11.4. The number of aromatic nitrogens is 1. The van der Waals surface area contributed by atoms with Gasteiger partial charge in [0.25, 0.3) is 0 Å². The number of nitrogens with one attached hydrogen (secondary N) is 1. The molecule has 1 aromatic rings. The molecule has 2 rings (SSSR count). The van der Waals surface area contributed by atoms with E-state index in [0.29, 0.717) is 18.8 Å². The Bertz CT molecular complexity index is 389. The number of anilines is 1.